The molecule has 0 aromatic heterocycles. The van der Waals surface area contributed by atoms with Crippen LogP contribution in [0.1, 0.15) is 41.6 Å². The zero-order valence-corrected chi connectivity index (χ0v) is 10.1. The van der Waals surface area contributed by atoms with Crippen LogP contribution in [0.3, 0.4) is 0 Å². The normalized spacial score (nSPS) is 15.5. The minimum absolute atomic E-state index is 0.198. The predicted octanol–water partition coefficient (Wildman–Crippen LogP) is 2.87. The molecule has 0 saturated carbocycles. The minimum atomic E-state index is 0.198. The van der Waals surface area contributed by atoms with Crippen LogP contribution in [0.2, 0.25) is 0 Å². The zero-order chi connectivity index (χ0) is 12.1. The molecular formula is C15H19NO. The van der Waals surface area contributed by atoms with E-state index in [9.17, 15) is 4.79 Å². The fraction of sp³-hybridized carbons (Fsp3) is 0.400. The van der Waals surface area contributed by atoms with Gasteiger partial charge < -0.3 is 5.73 Å². The van der Waals surface area contributed by atoms with Crippen molar-refractivity contribution in [2.75, 3.05) is 6.54 Å². The van der Waals surface area contributed by atoms with Crippen LogP contribution in [-0.4, -0.2) is 12.3 Å². The first-order valence-corrected chi connectivity index (χ1v) is 6.34. The van der Waals surface area contributed by atoms with Crippen LogP contribution in [0.5, 0.6) is 0 Å². The number of carbonyl (C=O) groups excluding carboxylic acids is 1. The van der Waals surface area contributed by atoms with Crippen molar-refractivity contribution in [2.45, 2.75) is 32.1 Å². The van der Waals surface area contributed by atoms with Crippen LogP contribution < -0.4 is 5.73 Å². The van der Waals surface area contributed by atoms with Crippen molar-refractivity contribution in [1.29, 1.82) is 0 Å². The summed E-state index contributed by atoms with van der Waals surface area (Å²) in [6, 6.07) is 7.85. The van der Waals surface area contributed by atoms with Gasteiger partial charge in [0.25, 0.3) is 0 Å². The summed E-state index contributed by atoms with van der Waals surface area (Å²) in [5, 5.41) is 0. The van der Waals surface area contributed by atoms with Crippen LogP contribution in [0.15, 0.2) is 35.9 Å². The summed E-state index contributed by atoms with van der Waals surface area (Å²) in [5.41, 5.74) is 8.49. The number of ketones is 1. The first-order chi connectivity index (χ1) is 8.31. The Morgan fingerprint density at radius 3 is 2.53 bits per heavy atom. The monoisotopic (exact) mass is 229 g/mol. The highest BCUT2D eigenvalue weighted by atomic mass is 16.1. The Kier molecular flexibility index (Phi) is 4.10. The fourth-order valence-electron chi connectivity index (χ4n) is 2.22. The van der Waals surface area contributed by atoms with Crippen LogP contribution in [0.4, 0.5) is 0 Å². The van der Waals surface area contributed by atoms with Gasteiger partial charge in [0.1, 0.15) is 0 Å². The van der Waals surface area contributed by atoms with Gasteiger partial charge in [0.2, 0.25) is 0 Å². The van der Waals surface area contributed by atoms with Crippen molar-refractivity contribution in [1.82, 2.24) is 0 Å². The molecule has 2 N–H and O–H groups in total. The van der Waals surface area contributed by atoms with E-state index in [1.807, 2.05) is 24.3 Å². The third kappa shape index (κ3) is 3.04. The van der Waals surface area contributed by atoms with Gasteiger partial charge in [-0.3, -0.25) is 4.79 Å². The zero-order valence-electron chi connectivity index (χ0n) is 10.1. The molecule has 1 aromatic rings. The molecule has 1 aliphatic rings. The molecular weight excluding hydrogens is 210 g/mol. The lowest BCUT2D eigenvalue weighted by atomic mass is 9.92. The van der Waals surface area contributed by atoms with Gasteiger partial charge in [-0.15, -0.1) is 0 Å². The second kappa shape index (κ2) is 5.78. The van der Waals surface area contributed by atoms with Crippen molar-refractivity contribution in [2.24, 2.45) is 5.73 Å². The second-order valence-electron chi connectivity index (χ2n) is 4.54. The number of allylic oxidation sites excluding steroid dienone is 2. The topological polar surface area (TPSA) is 43.1 Å². The van der Waals surface area contributed by atoms with Gasteiger partial charge >= 0.3 is 0 Å². The van der Waals surface area contributed by atoms with E-state index in [1.54, 1.807) is 0 Å². The molecule has 0 spiro atoms. The van der Waals surface area contributed by atoms with E-state index in [-0.39, 0.29) is 5.78 Å². The average molecular weight is 229 g/mol. The number of benzene rings is 1. The van der Waals surface area contributed by atoms with Gasteiger partial charge in [-0.2, -0.15) is 0 Å². The molecule has 0 heterocycles. The minimum Gasteiger partial charge on any atom is -0.330 e. The van der Waals surface area contributed by atoms with Crippen molar-refractivity contribution < 1.29 is 4.79 Å². The summed E-state index contributed by atoms with van der Waals surface area (Å²) in [6.45, 7) is 0.651. The standard InChI is InChI=1S/C15H19NO/c16-11-10-12-6-8-14(9-7-12)15(17)13-4-2-1-3-5-13/h4,6-9H,1-3,5,10-11,16H2. The third-order valence-corrected chi connectivity index (χ3v) is 3.23. The first kappa shape index (κ1) is 12.1. The van der Waals surface area contributed by atoms with Crippen LogP contribution in [-0.2, 0) is 6.42 Å². The molecule has 2 nitrogen and oxygen atoms in total. The lowest BCUT2D eigenvalue weighted by Gasteiger charge is -2.11. The highest BCUT2D eigenvalue weighted by molar-refractivity contribution is 6.08. The van der Waals surface area contributed by atoms with Crippen molar-refractivity contribution in [3.63, 3.8) is 0 Å². The highest BCUT2D eigenvalue weighted by Crippen LogP contribution is 2.21. The molecule has 0 fully saturated rings. The van der Waals surface area contributed by atoms with E-state index in [0.29, 0.717) is 6.54 Å². The summed E-state index contributed by atoms with van der Waals surface area (Å²) < 4.78 is 0. The number of nitrogens with two attached hydrogens (primary N) is 1. The lowest BCUT2D eigenvalue weighted by Crippen LogP contribution is -2.07. The lowest BCUT2D eigenvalue weighted by molar-refractivity contribution is 0.102. The van der Waals surface area contributed by atoms with Crippen LogP contribution in [0.25, 0.3) is 0 Å². The SMILES string of the molecule is NCCc1ccc(C(=O)C2=CCCCC2)cc1. The van der Waals surface area contributed by atoms with Crippen LogP contribution in [0, 0.1) is 0 Å². The second-order valence-corrected chi connectivity index (χ2v) is 4.54. The highest BCUT2D eigenvalue weighted by Gasteiger charge is 2.13. The van der Waals surface area contributed by atoms with Crippen molar-refractivity contribution in [3.05, 3.63) is 47.0 Å². The molecule has 17 heavy (non-hydrogen) atoms. The summed E-state index contributed by atoms with van der Waals surface area (Å²) in [7, 11) is 0. The Bertz CT molecular complexity index is 417. The molecule has 0 saturated heterocycles. The summed E-state index contributed by atoms with van der Waals surface area (Å²) in [6.07, 6.45) is 7.31. The number of hydrogen-bond donors (Lipinski definition) is 1. The van der Waals surface area contributed by atoms with E-state index < -0.39 is 0 Å². The number of hydrogen-bond acceptors (Lipinski definition) is 2. The number of rotatable bonds is 4. The largest absolute Gasteiger partial charge is 0.330 e. The maximum atomic E-state index is 12.2. The van der Waals surface area contributed by atoms with Crippen LogP contribution >= 0.6 is 0 Å². The van der Waals surface area contributed by atoms with Gasteiger partial charge in [0, 0.05) is 5.56 Å². The summed E-state index contributed by atoms with van der Waals surface area (Å²) in [4.78, 5) is 12.2. The molecule has 0 bridgehead atoms. The Morgan fingerprint density at radius 2 is 1.94 bits per heavy atom. The average Bonchev–Trinajstić information content (AvgIpc) is 2.40. The van der Waals surface area contributed by atoms with E-state index in [4.69, 9.17) is 5.73 Å². The molecule has 0 unspecified atom stereocenters. The number of carbonyl (C=O) groups is 1. The smallest absolute Gasteiger partial charge is 0.188 e. The quantitative estimate of drug-likeness (QED) is 0.807. The Labute approximate surface area is 103 Å². The maximum Gasteiger partial charge on any atom is 0.188 e. The van der Waals surface area contributed by atoms with Gasteiger partial charge in [0.15, 0.2) is 5.78 Å². The van der Waals surface area contributed by atoms with Crippen molar-refractivity contribution >= 4 is 5.78 Å². The molecule has 1 aliphatic carbocycles. The number of Topliss-reactive ketones (excluding diaryl/α,β-unsaturated/α-hetero) is 1. The third-order valence-electron chi connectivity index (χ3n) is 3.23. The summed E-state index contributed by atoms with van der Waals surface area (Å²) >= 11 is 0. The Balaban J connectivity index is 2.11. The molecule has 0 amide bonds. The van der Waals surface area contributed by atoms with E-state index >= 15 is 0 Å². The Morgan fingerprint density at radius 1 is 1.18 bits per heavy atom. The molecule has 0 aliphatic heterocycles. The molecule has 2 rings (SSSR count). The van der Waals surface area contributed by atoms with E-state index in [2.05, 4.69) is 6.08 Å². The fourth-order valence-corrected chi connectivity index (χ4v) is 2.22. The Hall–Kier alpha value is -1.41. The van der Waals surface area contributed by atoms with Gasteiger partial charge in [0.05, 0.1) is 0 Å². The van der Waals surface area contributed by atoms with E-state index in [1.165, 1.54) is 12.0 Å². The molecule has 0 atom stereocenters. The maximum absolute atomic E-state index is 12.2. The van der Waals surface area contributed by atoms with E-state index in [0.717, 1.165) is 36.8 Å². The molecule has 90 valence electrons. The van der Waals surface area contributed by atoms with Gasteiger partial charge in [-0.1, -0.05) is 30.3 Å². The van der Waals surface area contributed by atoms with Gasteiger partial charge in [-0.25, -0.2) is 0 Å². The van der Waals surface area contributed by atoms with Crippen molar-refractivity contribution in [3.8, 4) is 0 Å². The molecule has 1 aromatic carbocycles. The predicted molar refractivity (Wildman–Crippen MR) is 70.1 cm³/mol. The summed E-state index contributed by atoms with van der Waals surface area (Å²) in [5.74, 6) is 0.198. The molecule has 0 radical (unpaired) electrons. The first-order valence-electron chi connectivity index (χ1n) is 6.34. The molecule has 2 heteroatoms. The van der Waals surface area contributed by atoms with Gasteiger partial charge in [-0.05, 0) is 49.8 Å².